The summed E-state index contributed by atoms with van der Waals surface area (Å²) in [7, 11) is 3.23. The van der Waals surface area contributed by atoms with Crippen molar-refractivity contribution in [3.63, 3.8) is 0 Å². The molecule has 1 saturated carbocycles. The molecule has 1 aliphatic heterocycles. The van der Waals surface area contributed by atoms with Crippen LogP contribution in [0.5, 0.6) is 11.5 Å². The zero-order chi connectivity index (χ0) is 22.0. The standard InChI is InChI=1S/C21H27N5O4S/c1-29-16-9-14-5-7-25(11-15(14)10-17(16)30-2)19(28)12-31-21-24-23-20(13-3-4-13)26(21)8-6-18(22)27/h9-10,13H,3-8,11-12H2,1-2H3,(H2,22,27). The number of fused-ring (bicyclic) bond motifs is 1. The predicted octanol–water partition coefficient (Wildman–Crippen LogP) is 1.73. The minimum absolute atomic E-state index is 0.0443. The number of amides is 2. The van der Waals surface area contributed by atoms with Crippen molar-refractivity contribution in [2.24, 2.45) is 5.73 Å². The molecule has 0 spiro atoms. The van der Waals surface area contributed by atoms with Crippen LogP contribution in [0.4, 0.5) is 0 Å². The Balaban J connectivity index is 1.41. The average molecular weight is 446 g/mol. The summed E-state index contributed by atoms with van der Waals surface area (Å²) < 4.78 is 12.7. The zero-order valence-electron chi connectivity index (χ0n) is 17.8. The number of methoxy groups -OCH3 is 2. The highest BCUT2D eigenvalue weighted by atomic mass is 32.2. The van der Waals surface area contributed by atoms with Crippen molar-refractivity contribution in [1.29, 1.82) is 0 Å². The minimum atomic E-state index is -0.360. The van der Waals surface area contributed by atoms with Crippen LogP contribution in [0.3, 0.4) is 0 Å². The van der Waals surface area contributed by atoms with Gasteiger partial charge >= 0.3 is 0 Å². The Morgan fingerprint density at radius 1 is 1.16 bits per heavy atom. The zero-order valence-corrected chi connectivity index (χ0v) is 18.6. The molecule has 2 aliphatic rings. The van der Waals surface area contributed by atoms with E-state index in [0.29, 0.717) is 42.2 Å². The van der Waals surface area contributed by atoms with Gasteiger partial charge in [-0.1, -0.05) is 11.8 Å². The highest BCUT2D eigenvalue weighted by Gasteiger charge is 2.31. The summed E-state index contributed by atoms with van der Waals surface area (Å²) in [6.07, 6.45) is 3.17. The molecule has 166 valence electrons. The van der Waals surface area contributed by atoms with Crippen LogP contribution in [0.2, 0.25) is 0 Å². The lowest BCUT2D eigenvalue weighted by Crippen LogP contribution is -2.37. The molecule has 0 radical (unpaired) electrons. The molecular formula is C21H27N5O4S. The summed E-state index contributed by atoms with van der Waals surface area (Å²) in [6.45, 7) is 1.64. The number of nitrogens with zero attached hydrogens (tertiary/aromatic N) is 4. The fraction of sp³-hybridized carbons (Fsp3) is 0.524. The van der Waals surface area contributed by atoms with Gasteiger partial charge in [0.1, 0.15) is 5.82 Å². The van der Waals surface area contributed by atoms with E-state index >= 15 is 0 Å². The molecule has 2 heterocycles. The van der Waals surface area contributed by atoms with Crippen molar-refractivity contribution in [2.45, 2.75) is 49.8 Å². The first-order chi connectivity index (χ1) is 15.0. The number of nitrogens with two attached hydrogens (primary N) is 1. The summed E-state index contributed by atoms with van der Waals surface area (Å²) >= 11 is 1.36. The quantitative estimate of drug-likeness (QED) is 0.585. The summed E-state index contributed by atoms with van der Waals surface area (Å²) in [6, 6.07) is 3.94. The smallest absolute Gasteiger partial charge is 0.233 e. The number of ether oxygens (including phenoxy) is 2. The summed E-state index contributed by atoms with van der Waals surface area (Å²) in [5.74, 6) is 2.62. The normalized spacial score (nSPS) is 15.5. The number of thioether (sulfide) groups is 1. The monoisotopic (exact) mass is 445 g/mol. The second-order valence-corrected chi connectivity index (χ2v) is 8.76. The van der Waals surface area contributed by atoms with Gasteiger partial charge in [0.05, 0.1) is 20.0 Å². The van der Waals surface area contributed by atoms with E-state index < -0.39 is 0 Å². The van der Waals surface area contributed by atoms with Crippen LogP contribution in [0.25, 0.3) is 0 Å². The Labute approximate surface area is 185 Å². The average Bonchev–Trinajstić information content (AvgIpc) is 3.54. The number of rotatable bonds is 9. The maximum atomic E-state index is 12.9. The molecule has 2 aromatic rings. The van der Waals surface area contributed by atoms with Crippen LogP contribution in [-0.2, 0) is 29.1 Å². The second-order valence-electron chi connectivity index (χ2n) is 7.81. The van der Waals surface area contributed by atoms with E-state index in [2.05, 4.69) is 10.2 Å². The first-order valence-electron chi connectivity index (χ1n) is 10.4. The molecule has 1 aromatic heterocycles. The maximum Gasteiger partial charge on any atom is 0.233 e. The van der Waals surface area contributed by atoms with Crippen LogP contribution in [0.1, 0.15) is 42.1 Å². The first-order valence-corrected chi connectivity index (χ1v) is 11.3. The molecule has 10 heteroatoms. The third-order valence-corrected chi connectivity index (χ3v) is 6.62. The Hall–Kier alpha value is -2.75. The molecule has 0 saturated heterocycles. The van der Waals surface area contributed by atoms with Crippen molar-refractivity contribution in [3.05, 3.63) is 29.1 Å². The van der Waals surface area contributed by atoms with E-state index in [9.17, 15) is 9.59 Å². The van der Waals surface area contributed by atoms with Gasteiger partial charge in [0.2, 0.25) is 11.8 Å². The maximum absolute atomic E-state index is 12.9. The lowest BCUT2D eigenvalue weighted by molar-refractivity contribution is -0.129. The number of primary amides is 1. The van der Waals surface area contributed by atoms with Gasteiger partial charge in [0.25, 0.3) is 0 Å². The van der Waals surface area contributed by atoms with Gasteiger partial charge < -0.3 is 24.7 Å². The third kappa shape index (κ3) is 4.79. The molecule has 2 amide bonds. The van der Waals surface area contributed by atoms with Gasteiger partial charge in [-0.25, -0.2) is 0 Å². The Morgan fingerprint density at radius 2 is 1.87 bits per heavy atom. The second kappa shape index (κ2) is 9.17. The van der Waals surface area contributed by atoms with Crippen molar-refractivity contribution < 1.29 is 19.1 Å². The fourth-order valence-electron chi connectivity index (χ4n) is 3.80. The molecule has 0 atom stereocenters. The van der Waals surface area contributed by atoms with Gasteiger partial charge in [-0.3, -0.25) is 9.59 Å². The van der Waals surface area contributed by atoms with Gasteiger partial charge in [0, 0.05) is 32.0 Å². The number of aromatic nitrogens is 3. The predicted molar refractivity (Wildman–Crippen MR) is 115 cm³/mol. The van der Waals surface area contributed by atoms with Gasteiger partial charge in [0.15, 0.2) is 16.7 Å². The van der Waals surface area contributed by atoms with Crippen LogP contribution >= 0.6 is 11.8 Å². The van der Waals surface area contributed by atoms with E-state index in [1.54, 1.807) is 14.2 Å². The molecular weight excluding hydrogens is 418 g/mol. The Morgan fingerprint density at radius 3 is 2.52 bits per heavy atom. The summed E-state index contributed by atoms with van der Waals surface area (Å²) in [4.78, 5) is 26.0. The van der Waals surface area contributed by atoms with Crippen LogP contribution in [0.15, 0.2) is 17.3 Å². The van der Waals surface area contributed by atoms with Crippen molar-refractivity contribution in [3.8, 4) is 11.5 Å². The van der Waals surface area contributed by atoms with E-state index in [-0.39, 0.29) is 24.0 Å². The third-order valence-electron chi connectivity index (χ3n) is 5.67. The molecule has 31 heavy (non-hydrogen) atoms. The molecule has 9 nitrogen and oxygen atoms in total. The van der Waals surface area contributed by atoms with E-state index in [1.165, 1.54) is 17.3 Å². The Kier molecular flexibility index (Phi) is 6.35. The van der Waals surface area contributed by atoms with Crippen LogP contribution < -0.4 is 15.2 Å². The topological polar surface area (TPSA) is 113 Å². The molecule has 0 unspecified atom stereocenters. The Bertz CT molecular complexity index is 988. The number of carbonyl (C=O) groups is 2. The number of hydrogen-bond donors (Lipinski definition) is 1. The van der Waals surface area contributed by atoms with Crippen molar-refractivity contribution >= 4 is 23.6 Å². The van der Waals surface area contributed by atoms with E-state index in [4.69, 9.17) is 15.2 Å². The molecule has 1 aliphatic carbocycles. The fourth-order valence-corrected chi connectivity index (χ4v) is 4.67. The highest BCUT2D eigenvalue weighted by Crippen LogP contribution is 2.40. The lowest BCUT2D eigenvalue weighted by Gasteiger charge is -2.29. The molecule has 1 fully saturated rings. The molecule has 0 bridgehead atoms. The minimum Gasteiger partial charge on any atom is -0.493 e. The first kappa shape index (κ1) is 21.5. The molecule has 1 aromatic carbocycles. The number of carbonyl (C=O) groups excluding carboxylic acids is 2. The van der Waals surface area contributed by atoms with Crippen LogP contribution in [-0.4, -0.2) is 58.0 Å². The van der Waals surface area contributed by atoms with Gasteiger partial charge in [-0.05, 0) is 42.5 Å². The number of hydrogen-bond acceptors (Lipinski definition) is 7. The SMILES string of the molecule is COc1cc2c(cc1OC)CN(C(=O)CSc1nnc(C3CC3)n1CCC(N)=O)CC2. The van der Waals surface area contributed by atoms with Gasteiger partial charge in [-0.2, -0.15) is 0 Å². The van der Waals surface area contributed by atoms with Crippen LogP contribution in [0, 0.1) is 0 Å². The van der Waals surface area contributed by atoms with E-state index in [1.807, 2.05) is 21.6 Å². The highest BCUT2D eigenvalue weighted by molar-refractivity contribution is 7.99. The lowest BCUT2D eigenvalue weighted by atomic mass is 9.99. The summed E-state index contributed by atoms with van der Waals surface area (Å²) in [5.41, 5.74) is 7.57. The molecule has 2 N–H and O–H groups in total. The number of benzene rings is 1. The van der Waals surface area contributed by atoms with Gasteiger partial charge in [-0.15, -0.1) is 10.2 Å². The summed E-state index contributed by atoms with van der Waals surface area (Å²) in [5, 5.41) is 9.24. The van der Waals surface area contributed by atoms with Crippen molar-refractivity contribution in [1.82, 2.24) is 19.7 Å². The largest absolute Gasteiger partial charge is 0.493 e. The van der Waals surface area contributed by atoms with E-state index in [0.717, 1.165) is 30.7 Å². The molecule has 4 rings (SSSR count). The van der Waals surface area contributed by atoms with Crippen molar-refractivity contribution in [2.75, 3.05) is 26.5 Å².